The highest BCUT2D eigenvalue weighted by Gasteiger charge is 2.13. The molecule has 0 saturated heterocycles. The molecule has 0 spiro atoms. The van der Waals surface area contributed by atoms with Crippen molar-refractivity contribution in [3.63, 3.8) is 0 Å². The van der Waals surface area contributed by atoms with E-state index in [1.165, 1.54) is 6.08 Å². The molecular formula is C6H8ClNO. The molecular weight excluding hydrogens is 138 g/mol. The molecule has 2 nitrogen and oxygen atoms in total. The lowest BCUT2D eigenvalue weighted by Gasteiger charge is -2.11. The van der Waals surface area contributed by atoms with E-state index in [1.54, 1.807) is 6.08 Å². The van der Waals surface area contributed by atoms with E-state index >= 15 is 0 Å². The Balaban J connectivity index is 2.74. The van der Waals surface area contributed by atoms with Crippen LogP contribution in [0.4, 0.5) is 0 Å². The molecule has 0 radical (unpaired) electrons. The number of nitrogens with two attached hydrogens (primary N) is 1. The van der Waals surface area contributed by atoms with Crippen LogP contribution in [0.1, 0.15) is 6.42 Å². The Morgan fingerprint density at radius 1 is 1.67 bits per heavy atom. The molecule has 1 aliphatic carbocycles. The van der Waals surface area contributed by atoms with Gasteiger partial charge in [-0.3, -0.25) is 0 Å². The van der Waals surface area contributed by atoms with Gasteiger partial charge in [-0.15, -0.1) is 11.6 Å². The van der Waals surface area contributed by atoms with Gasteiger partial charge in [-0.25, -0.2) is 0 Å². The molecule has 3 heteroatoms. The van der Waals surface area contributed by atoms with Crippen molar-refractivity contribution in [2.45, 2.75) is 11.8 Å². The van der Waals surface area contributed by atoms with Gasteiger partial charge in [0, 0.05) is 12.1 Å². The highest BCUT2D eigenvalue weighted by atomic mass is 35.5. The molecule has 0 heterocycles. The summed E-state index contributed by atoms with van der Waals surface area (Å²) >= 11 is 5.62. The Kier molecular flexibility index (Phi) is 1.67. The molecule has 0 aliphatic heterocycles. The van der Waals surface area contributed by atoms with Crippen LogP contribution in [0.3, 0.4) is 0 Å². The minimum atomic E-state index is -0.324. The summed E-state index contributed by atoms with van der Waals surface area (Å²) in [4.78, 5) is 0. The van der Waals surface area contributed by atoms with Crippen molar-refractivity contribution in [1.82, 2.24) is 0 Å². The number of rotatable bonds is 0. The number of aliphatic hydroxyl groups is 1. The molecule has 0 saturated carbocycles. The van der Waals surface area contributed by atoms with E-state index in [1.807, 2.05) is 0 Å². The van der Waals surface area contributed by atoms with Crippen LogP contribution in [0.15, 0.2) is 23.6 Å². The van der Waals surface area contributed by atoms with E-state index in [0.29, 0.717) is 12.1 Å². The first kappa shape index (κ1) is 6.49. The fraction of sp³-hybridized carbons (Fsp3) is 0.333. The number of aliphatic hydroxyl groups excluding tert-OH is 1. The quantitative estimate of drug-likeness (QED) is 0.505. The number of alkyl halides is 1. The highest BCUT2D eigenvalue weighted by molar-refractivity contribution is 6.22. The first-order valence-electron chi connectivity index (χ1n) is 2.69. The number of allylic oxidation sites excluding steroid dienone is 4. The van der Waals surface area contributed by atoms with Crippen molar-refractivity contribution in [3.05, 3.63) is 23.6 Å². The van der Waals surface area contributed by atoms with Gasteiger partial charge < -0.3 is 10.8 Å². The third kappa shape index (κ3) is 1.39. The normalized spacial score (nSPS) is 27.0. The second kappa shape index (κ2) is 2.31. The zero-order chi connectivity index (χ0) is 6.85. The molecule has 3 N–H and O–H groups in total. The lowest BCUT2D eigenvalue weighted by atomic mass is 10.1. The smallest absolute Gasteiger partial charge is 0.111 e. The van der Waals surface area contributed by atoms with E-state index < -0.39 is 0 Å². The van der Waals surface area contributed by atoms with Gasteiger partial charge in [-0.05, 0) is 12.2 Å². The number of hydrogen-bond acceptors (Lipinski definition) is 2. The van der Waals surface area contributed by atoms with Gasteiger partial charge in [0.2, 0.25) is 0 Å². The Labute approximate surface area is 58.6 Å². The van der Waals surface area contributed by atoms with E-state index in [4.69, 9.17) is 22.4 Å². The van der Waals surface area contributed by atoms with Crippen LogP contribution in [0.5, 0.6) is 0 Å². The van der Waals surface area contributed by atoms with Crippen molar-refractivity contribution in [2.24, 2.45) is 5.73 Å². The number of hydrogen-bond donors (Lipinski definition) is 2. The zero-order valence-corrected chi connectivity index (χ0v) is 5.60. The van der Waals surface area contributed by atoms with Crippen molar-refractivity contribution >= 4 is 11.6 Å². The second-order valence-corrected chi connectivity index (χ2v) is 2.53. The topological polar surface area (TPSA) is 46.2 Å². The van der Waals surface area contributed by atoms with Crippen LogP contribution in [0.2, 0.25) is 0 Å². The average molecular weight is 146 g/mol. The maximum Gasteiger partial charge on any atom is 0.111 e. The molecule has 1 unspecified atom stereocenters. The highest BCUT2D eigenvalue weighted by Crippen LogP contribution is 2.18. The molecule has 1 rings (SSSR count). The van der Waals surface area contributed by atoms with Crippen LogP contribution in [0, 0.1) is 0 Å². The molecule has 0 fully saturated rings. The fourth-order valence-electron chi connectivity index (χ4n) is 0.676. The van der Waals surface area contributed by atoms with Crippen LogP contribution in [-0.4, -0.2) is 10.5 Å². The van der Waals surface area contributed by atoms with Gasteiger partial charge in [0.25, 0.3) is 0 Å². The fourth-order valence-corrected chi connectivity index (χ4v) is 0.927. The van der Waals surface area contributed by atoms with E-state index in [0.717, 1.165) is 0 Å². The maximum atomic E-state index is 8.92. The lowest BCUT2D eigenvalue weighted by molar-refractivity contribution is 0.388. The van der Waals surface area contributed by atoms with Crippen LogP contribution in [-0.2, 0) is 0 Å². The monoisotopic (exact) mass is 145 g/mol. The SMILES string of the molecule is NC1=CC=C(O)C(Cl)C1. The van der Waals surface area contributed by atoms with Crippen molar-refractivity contribution in [3.8, 4) is 0 Å². The minimum Gasteiger partial charge on any atom is -0.511 e. The molecule has 0 bridgehead atoms. The second-order valence-electron chi connectivity index (χ2n) is 2.00. The Morgan fingerprint density at radius 3 is 2.78 bits per heavy atom. The van der Waals surface area contributed by atoms with Crippen LogP contribution < -0.4 is 5.73 Å². The summed E-state index contributed by atoms with van der Waals surface area (Å²) in [5.74, 6) is 0.200. The first-order chi connectivity index (χ1) is 4.20. The molecule has 0 amide bonds. The van der Waals surface area contributed by atoms with Gasteiger partial charge in [-0.1, -0.05) is 0 Å². The Bertz CT molecular complexity index is 174. The summed E-state index contributed by atoms with van der Waals surface area (Å²) in [6.45, 7) is 0. The molecule has 9 heavy (non-hydrogen) atoms. The molecule has 1 aliphatic rings. The maximum absolute atomic E-state index is 8.92. The van der Waals surface area contributed by atoms with Crippen molar-refractivity contribution < 1.29 is 5.11 Å². The summed E-state index contributed by atoms with van der Waals surface area (Å²) in [5.41, 5.74) is 6.12. The molecule has 0 aromatic heterocycles. The predicted molar refractivity (Wildman–Crippen MR) is 37.2 cm³/mol. The van der Waals surface area contributed by atoms with Gasteiger partial charge in [0.05, 0.1) is 5.38 Å². The summed E-state index contributed by atoms with van der Waals surface area (Å²) in [6.07, 6.45) is 3.73. The minimum absolute atomic E-state index is 0.200. The van der Waals surface area contributed by atoms with E-state index in [-0.39, 0.29) is 11.1 Å². The van der Waals surface area contributed by atoms with Crippen molar-refractivity contribution in [1.29, 1.82) is 0 Å². The molecule has 0 aromatic rings. The zero-order valence-electron chi connectivity index (χ0n) is 4.84. The lowest BCUT2D eigenvalue weighted by Crippen LogP contribution is -2.12. The molecule has 50 valence electrons. The van der Waals surface area contributed by atoms with E-state index in [2.05, 4.69) is 0 Å². The van der Waals surface area contributed by atoms with E-state index in [9.17, 15) is 0 Å². The predicted octanol–water partition coefficient (Wildman–Crippen LogP) is 1.28. The van der Waals surface area contributed by atoms with Gasteiger partial charge in [0.1, 0.15) is 5.76 Å². The van der Waals surface area contributed by atoms with Gasteiger partial charge >= 0.3 is 0 Å². The van der Waals surface area contributed by atoms with Gasteiger partial charge in [-0.2, -0.15) is 0 Å². The summed E-state index contributed by atoms with van der Waals surface area (Å²) in [5, 5.41) is 8.60. The average Bonchev–Trinajstić information content (AvgIpc) is 1.80. The summed E-state index contributed by atoms with van der Waals surface area (Å²) in [7, 11) is 0. The largest absolute Gasteiger partial charge is 0.511 e. The first-order valence-corrected chi connectivity index (χ1v) is 3.13. The van der Waals surface area contributed by atoms with Crippen LogP contribution in [0.25, 0.3) is 0 Å². The standard InChI is InChI=1S/C6H8ClNO/c7-5-3-4(8)1-2-6(5)9/h1-2,5,9H,3,8H2. The Hall–Kier alpha value is -0.630. The van der Waals surface area contributed by atoms with Crippen molar-refractivity contribution in [2.75, 3.05) is 0 Å². The molecule has 1 atom stereocenters. The molecule has 0 aromatic carbocycles. The van der Waals surface area contributed by atoms with Crippen LogP contribution >= 0.6 is 11.6 Å². The summed E-state index contributed by atoms with van der Waals surface area (Å²) < 4.78 is 0. The van der Waals surface area contributed by atoms with Gasteiger partial charge in [0.15, 0.2) is 0 Å². The number of halogens is 1. The third-order valence-electron chi connectivity index (χ3n) is 1.20. The summed E-state index contributed by atoms with van der Waals surface area (Å²) in [6, 6.07) is 0. The third-order valence-corrected chi connectivity index (χ3v) is 1.58. The Morgan fingerprint density at radius 2 is 2.33 bits per heavy atom.